The molecule has 1 N–H and O–H groups in total. The van der Waals surface area contributed by atoms with Gasteiger partial charge in [0.2, 0.25) is 5.78 Å². The summed E-state index contributed by atoms with van der Waals surface area (Å²) in [6.45, 7) is 8.08. The average molecular weight is 440 g/mol. The molecule has 1 heterocycles. The largest absolute Gasteiger partial charge is 0.485 e. The summed E-state index contributed by atoms with van der Waals surface area (Å²) < 4.78 is 5.91. The topological polar surface area (TPSA) is 42.1 Å². The van der Waals surface area contributed by atoms with E-state index < -0.39 is 0 Å². The third-order valence-electron chi connectivity index (χ3n) is 5.58. The molecule has 0 aliphatic carbocycles. The molecule has 0 bridgehead atoms. The number of benzene rings is 3. The number of H-pyrrole nitrogens is 1. The molecule has 154 valence electrons. The summed E-state index contributed by atoms with van der Waals surface area (Å²) >= 11 is 12.7. The summed E-state index contributed by atoms with van der Waals surface area (Å²) in [5.74, 6) is 0.999. The maximum atomic E-state index is 12.9. The standard InChI is InChI=1S/C25H23Cl2NO2/c1-13(2)16-5-6-18-20(11-28-22(18)9-16)23(29)12-30-24-10-19-17(7-14(24)3)8-21(26)15(4)25(19)27/h5-11,13,28H,12H2,1-4H3. The van der Waals surface area contributed by atoms with Crippen molar-refractivity contribution in [3.8, 4) is 5.75 Å². The second-order valence-corrected chi connectivity index (χ2v) is 8.80. The molecule has 4 aromatic rings. The van der Waals surface area contributed by atoms with Crippen LogP contribution in [-0.2, 0) is 0 Å². The Morgan fingerprint density at radius 3 is 2.57 bits per heavy atom. The second-order valence-electron chi connectivity index (χ2n) is 8.01. The van der Waals surface area contributed by atoms with Crippen molar-refractivity contribution in [1.29, 1.82) is 0 Å². The van der Waals surface area contributed by atoms with Crippen LogP contribution < -0.4 is 4.74 Å². The number of fused-ring (bicyclic) bond motifs is 2. The van der Waals surface area contributed by atoms with E-state index in [4.69, 9.17) is 27.9 Å². The van der Waals surface area contributed by atoms with Crippen LogP contribution in [0.2, 0.25) is 10.0 Å². The fourth-order valence-electron chi connectivity index (χ4n) is 3.68. The highest BCUT2D eigenvalue weighted by Gasteiger charge is 2.16. The van der Waals surface area contributed by atoms with Crippen molar-refractivity contribution in [2.75, 3.05) is 6.61 Å². The molecule has 0 unspecified atom stereocenters. The lowest BCUT2D eigenvalue weighted by Crippen LogP contribution is -2.11. The number of ketones is 1. The van der Waals surface area contributed by atoms with Crippen molar-refractivity contribution >= 4 is 50.7 Å². The maximum Gasteiger partial charge on any atom is 0.202 e. The molecule has 0 radical (unpaired) electrons. The number of carbonyl (C=O) groups is 1. The first-order valence-corrected chi connectivity index (χ1v) is 10.7. The molecular weight excluding hydrogens is 417 g/mol. The van der Waals surface area contributed by atoms with Crippen molar-refractivity contribution in [1.82, 2.24) is 4.98 Å². The van der Waals surface area contributed by atoms with E-state index in [-0.39, 0.29) is 12.4 Å². The van der Waals surface area contributed by atoms with Gasteiger partial charge in [-0.1, -0.05) is 49.2 Å². The fraction of sp³-hybridized carbons (Fsp3) is 0.240. The Balaban J connectivity index is 1.60. The van der Waals surface area contributed by atoms with Crippen LogP contribution in [0.1, 0.15) is 46.8 Å². The minimum absolute atomic E-state index is 0.0462. The number of aromatic nitrogens is 1. The Bertz CT molecular complexity index is 1290. The number of Topliss-reactive ketones (excluding diaryl/α,β-unsaturated/α-hetero) is 1. The third kappa shape index (κ3) is 3.68. The van der Waals surface area contributed by atoms with E-state index in [0.29, 0.717) is 27.3 Å². The van der Waals surface area contributed by atoms with E-state index >= 15 is 0 Å². The van der Waals surface area contributed by atoms with E-state index in [0.717, 1.165) is 32.8 Å². The molecule has 3 nitrogen and oxygen atoms in total. The summed E-state index contributed by atoms with van der Waals surface area (Å²) in [7, 11) is 0. The van der Waals surface area contributed by atoms with E-state index in [9.17, 15) is 4.79 Å². The van der Waals surface area contributed by atoms with Gasteiger partial charge in [0.25, 0.3) is 0 Å². The van der Waals surface area contributed by atoms with Crippen molar-refractivity contribution in [3.63, 3.8) is 0 Å². The third-order valence-corrected chi connectivity index (χ3v) is 6.46. The summed E-state index contributed by atoms with van der Waals surface area (Å²) in [6, 6.07) is 11.9. The number of aromatic amines is 1. The van der Waals surface area contributed by atoms with Crippen molar-refractivity contribution in [2.24, 2.45) is 0 Å². The van der Waals surface area contributed by atoms with Gasteiger partial charge in [-0.2, -0.15) is 0 Å². The first kappa shape index (κ1) is 20.8. The van der Waals surface area contributed by atoms with Gasteiger partial charge in [-0.05, 0) is 66.1 Å². The second kappa shape index (κ2) is 7.98. The van der Waals surface area contributed by atoms with Crippen LogP contribution in [0.4, 0.5) is 0 Å². The zero-order chi connectivity index (χ0) is 21.6. The number of rotatable bonds is 5. The lowest BCUT2D eigenvalue weighted by Gasteiger charge is -2.13. The number of halogens is 2. The quantitative estimate of drug-likeness (QED) is 0.324. The highest BCUT2D eigenvalue weighted by atomic mass is 35.5. The number of aryl methyl sites for hydroxylation is 1. The molecule has 0 spiro atoms. The molecule has 0 amide bonds. The summed E-state index contributed by atoms with van der Waals surface area (Å²) in [5, 5.41) is 3.96. The predicted octanol–water partition coefficient (Wildman–Crippen LogP) is 7.63. The number of hydrogen-bond donors (Lipinski definition) is 1. The normalized spacial score (nSPS) is 11.6. The molecular formula is C25H23Cl2NO2. The molecule has 0 aliphatic heterocycles. The molecule has 4 rings (SSSR count). The van der Waals surface area contributed by atoms with Gasteiger partial charge in [-0.15, -0.1) is 0 Å². The molecule has 0 atom stereocenters. The molecule has 0 saturated carbocycles. The summed E-state index contributed by atoms with van der Waals surface area (Å²) in [5.41, 5.74) is 4.59. The number of hydrogen-bond acceptors (Lipinski definition) is 2. The average Bonchev–Trinajstić information content (AvgIpc) is 3.14. The Kier molecular flexibility index (Phi) is 5.52. The van der Waals surface area contributed by atoms with Crippen LogP contribution in [0.15, 0.2) is 42.6 Å². The van der Waals surface area contributed by atoms with Crippen LogP contribution in [0.3, 0.4) is 0 Å². The molecule has 0 fully saturated rings. The summed E-state index contributed by atoms with van der Waals surface area (Å²) in [4.78, 5) is 16.1. The van der Waals surface area contributed by atoms with E-state index in [1.807, 2.05) is 38.1 Å². The van der Waals surface area contributed by atoms with E-state index in [1.165, 1.54) is 5.56 Å². The van der Waals surface area contributed by atoms with Gasteiger partial charge in [0.05, 0.1) is 5.02 Å². The van der Waals surface area contributed by atoms with E-state index in [1.54, 1.807) is 6.20 Å². The SMILES string of the molecule is Cc1cc2cc(Cl)c(C)c(Cl)c2cc1OCC(=O)c1c[nH]c2cc(C(C)C)ccc12. The van der Waals surface area contributed by atoms with Gasteiger partial charge in [0, 0.05) is 33.1 Å². The first-order chi connectivity index (χ1) is 14.3. The Morgan fingerprint density at radius 1 is 1.07 bits per heavy atom. The Morgan fingerprint density at radius 2 is 1.83 bits per heavy atom. The van der Waals surface area contributed by atoms with Gasteiger partial charge >= 0.3 is 0 Å². The highest BCUT2D eigenvalue weighted by molar-refractivity contribution is 6.40. The van der Waals surface area contributed by atoms with Crippen LogP contribution in [0.5, 0.6) is 5.75 Å². The van der Waals surface area contributed by atoms with Gasteiger partial charge in [-0.25, -0.2) is 0 Å². The lowest BCUT2D eigenvalue weighted by molar-refractivity contribution is 0.0923. The summed E-state index contributed by atoms with van der Waals surface area (Å²) in [6.07, 6.45) is 1.76. The van der Waals surface area contributed by atoms with Crippen LogP contribution in [-0.4, -0.2) is 17.4 Å². The van der Waals surface area contributed by atoms with Crippen molar-refractivity contribution in [3.05, 3.63) is 74.9 Å². The smallest absolute Gasteiger partial charge is 0.202 e. The van der Waals surface area contributed by atoms with Crippen LogP contribution >= 0.6 is 23.2 Å². The number of nitrogens with one attached hydrogen (secondary N) is 1. The first-order valence-electron chi connectivity index (χ1n) is 9.92. The molecule has 30 heavy (non-hydrogen) atoms. The zero-order valence-electron chi connectivity index (χ0n) is 17.4. The monoisotopic (exact) mass is 439 g/mol. The Hall–Kier alpha value is -2.49. The highest BCUT2D eigenvalue weighted by Crippen LogP contribution is 2.36. The van der Waals surface area contributed by atoms with Crippen molar-refractivity contribution < 1.29 is 9.53 Å². The number of carbonyl (C=O) groups excluding carboxylic acids is 1. The Labute approximate surface area is 185 Å². The fourth-order valence-corrected chi connectivity index (χ4v) is 4.21. The predicted molar refractivity (Wildman–Crippen MR) is 126 cm³/mol. The number of ether oxygens (including phenoxy) is 1. The van der Waals surface area contributed by atoms with Gasteiger partial charge in [0.15, 0.2) is 6.61 Å². The molecule has 0 saturated heterocycles. The van der Waals surface area contributed by atoms with Gasteiger partial charge in [-0.3, -0.25) is 4.79 Å². The van der Waals surface area contributed by atoms with Gasteiger partial charge < -0.3 is 9.72 Å². The van der Waals surface area contributed by atoms with Gasteiger partial charge in [0.1, 0.15) is 5.75 Å². The lowest BCUT2D eigenvalue weighted by atomic mass is 10.0. The minimum atomic E-state index is -0.0728. The zero-order valence-corrected chi connectivity index (χ0v) is 18.9. The molecule has 0 aliphatic rings. The maximum absolute atomic E-state index is 12.9. The van der Waals surface area contributed by atoms with Crippen LogP contribution in [0, 0.1) is 13.8 Å². The van der Waals surface area contributed by atoms with Crippen LogP contribution in [0.25, 0.3) is 21.7 Å². The minimum Gasteiger partial charge on any atom is -0.485 e. The van der Waals surface area contributed by atoms with Crippen molar-refractivity contribution in [2.45, 2.75) is 33.6 Å². The molecule has 5 heteroatoms. The molecule has 3 aromatic carbocycles. The van der Waals surface area contributed by atoms with E-state index in [2.05, 4.69) is 31.0 Å². The molecule has 1 aromatic heterocycles.